The fourth-order valence-electron chi connectivity index (χ4n) is 1.33. The zero-order valence-electron chi connectivity index (χ0n) is 11.7. The van der Waals surface area contributed by atoms with E-state index in [9.17, 15) is 0 Å². The summed E-state index contributed by atoms with van der Waals surface area (Å²) < 4.78 is 0. The van der Waals surface area contributed by atoms with Crippen molar-refractivity contribution in [1.29, 1.82) is 0 Å². The first-order valence-electron chi connectivity index (χ1n) is 6.94. The average molecular weight is 232 g/mol. The third kappa shape index (κ3) is 19.5. The van der Waals surface area contributed by atoms with Crippen molar-refractivity contribution in [3.05, 3.63) is 0 Å². The van der Waals surface area contributed by atoms with Crippen LogP contribution in [0.1, 0.15) is 79.1 Å². The maximum atomic E-state index is 8.99. The topological polar surface area (TPSA) is 40.5 Å². The minimum atomic E-state index is -0.0958. The summed E-state index contributed by atoms with van der Waals surface area (Å²) in [6.07, 6.45) is 8.73. The van der Waals surface area contributed by atoms with Crippen molar-refractivity contribution in [3.8, 4) is 0 Å². The van der Waals surface area contributed by atoms with Crippen LogP contribution < -0.4 is 0 Å². The summed E-state index contributed by atoms with van der Waals surface area (Å²) in [4.78, 5) is 0. The quantitative estimate of drug-likeness (QED) is 0.623. The number of aliphatic hydroxyl groups is 2. The second-order valence-electron chi connectivity index (χ2n) is 4.55. The van der Waals surface area contributed by atoms with Gasteiger partial charge in [-0.2, -0.15) is 0 Å². The smallest absolute Gasteiger partial charge is 0.0537 e. The first kappa shape index (κ1) is 18.3. The lowest BCUT2D eigenvalue weighted by Gasteiger charge is -2.03. The molecule has 0 aliphatic carbocycles. The molecule has 0 aromatic carbocycles. The molecule has 0 aliphatic rings. The normalized spacial score (nSPS) is 13.9. The van der Waals surface area contributed by atoms with Crippen molar-refractivity contribution in [2.75, 3.05) is 0 Å². The highest BCUT2D eigenvalue weighted by molar-refractivity contribution is 4.50. The van der Waals surface area contributed by atoms with Gasteiger partial charge in [0.1, 0.15) is 0 Å². The highest BCUT2D eigenvalue weighted by Crippen LogP contribution is 2.02. The zero-order chi connectivity index (χ0) is 12.8. The summed E-state index contributed by atoms with van der Waals surface area (Å²) >= 11 is 0. The third-order valence-corrected chi connectivity index (χ3v) is 2.59. The Kier molecular flexibility index (Phi) is 17.1. The fraction of sp³-hybridized carbons (Fsp3) is 1.00. The Morgan fingerprint density at radius 1 is 0.812 bits per heavy atom. The SMILES string of the molecule is CCCCC(O)CC.CCCCCC(C)O. The predicted molar refractivity (Wildman–Crippen MR) is 71.6 cm³/mol. The van der Waals surface area contributed by atoms with E-state index in [0.29, 0.717) is 0 Å². The number of hydrogen-bond donors (Lipinski definition) is 2. The van der Waals surface area contributed by atoms with E-state index in [1.165, 1.54) is 25.7 Å². The van der Waals surface area contributed by atoms with Gasteiger partial charge in [0.05, 0.1) is 12.2 Å². The molecule has 0 saturated heterocycles. The molecule has 2 N–H and O–H groups in total. The van der Waals surface area contributed by atoms with E-state index in [4.69, 9.17) is 10.2 Å². The van der Waals surface area contributed by atoms with Gasteiger partial charge in [0, 0.05) is 0 Å². The van der Waals surface area contributed by atoms with Crippen molar-refractivity contribution < 1.29 is 10.2 Å². The molecule has 0 aromatic rings. The first-order valence-corrected chi connectivity index (χ1v) is 6.94. The van der Waals surface area contributed by atoms with Crippen molar-refractivity contribution in [1.82, 2.24) is 0 Å². The van der Waals surface area contributed by atoms with Gasteiger partial charge in [-0.3, -0.25) is 0 Å². The molecule has 2 nitrogen and oxygen atoms in total. The van der Waals surface area contributed by atoms with Gasteiger partial charge in [0.2, 0.25) is 0 Å². The van der Waals surface area contributed by atoms with Crippen LogP contribution in [0.4, 0.5) is 0 Å². The first-order chi connectivity index (χ1) is 7.58. The highest BCUT2D eigenvalue weighted by atomic mass is 16.3. The Bertz CT molecular complexity index is 113. The van der Waals surface area contributed by atoms with Gasteiger partial charge in [-0.15, -0.1) is 0 Å². The summed E-state index contributed by atoms with van der Waals surface area (Å²) in [5.74, 6) is 0. The summed E-state index contributed by atoms with van der Waals surface area (Å²) in [5, 5.41) is 17.8. The molecule has 0 aliphatic heterocycles. The monoisotopic (exact) mass is 232 g/mol. The van der Waals surface area contributed by atoms with E-state index >= 15 is 0 Å². The van der Waals surface area contributed by atoms with Gasteiger partial charge in [-0.1, -0.05) is 52.9 Å². The Balaban J connectivity index is 0. The van der Waals surface area contributed by atoms with Gasteiger partial charge in [0.15, 0.2) is 0 Å². The van der Waals surface area contributed by atoms with Crippen LogP contribution in [-0.4, -0.2) is 22.4 Å². The number of hydrogen-bond acceptors (Lipinski definition) is 2. The van der Waals surface area contributed by atoms with Gasteiger partial charge >= 0.3 is 0 Å². The fourth-order valence-corrected chi connectivity index (χ4v) is 1.33. The molecule has 0 aromatic heterocycles. The average Bonchev–Trinajstić information content (AvgIpc) is 2.26. The second kappa shape index (κ2) is 14.9. The van der Waals surface area contributed by atoms with Crippen molar-refractivity contribution in [2.24, 2.45) is 0 Å². The van der Waals surface area contributed by atoms with Crippen LogP contribution in [0.3, 0.4) is 0 Å². The van der Waals surface area contributed by atoms with E-state index in [1.54, 1.807) is 0 Å². The molecule has 0 radical (unpaired) electrons. The van der Waals surface area contributed by atoms with Gasteiger partial charge < -0.3 is 10.2 Å². The highest BCUT2D eigenvalue weighted by Gasteiger charge is 1.96. The van der Waals surface area contributed by atoms with Crippen LogP contribution in [0.2, 0.25) is 0 Å². The second-order valence-corrected chi connectivity index (χ2v) is 4.55. The molecule has 0 amide bonds. The molecule has 2 atom stereocenters. The molecule has 0 fully saturated rings. The summed E-state index contributed by atoms with van der Waals surface area (Å²) in [5.41, 5.74) is 0. The Morgan fingerprint density at radius 2 is 1.38 bits per heavy atom. The van der Waals surface area contributed by atoms with Crippen LogP contribution in [-0.2, 0) is 0 Å². The minimum Gasteiger partial charge on any atom is -0.393 e. The van der Waals surface area contributed by atoms with E-state index in [1.807, 2.05) is 13.8 Å². The van der Waals surface area contributed by atoms with E-state index in [-0.39, 0.29) is 12.2 Å². The van der Waals surface area contributed by atoms with Crippen LogP contribution in [0.25, 0.3) is 0 Å². The lowest BCUT2D eigenvalue weighted by molar-refractivity contribution is 0.157. The van der Waals surface area contributed by atoms with Crippen LogP contribution in [0.15, 0.2) is 0 Å². The Hall–Kier alpha value is -0.0800. The zero-order valence-corrected chi connectivity index (χ0v) is 11.7. The molecule has 0 heterocycles. The molecule has 0 saturated carbocycles. The Labute approximate surface area is 102 Å². The van der Waals surface area contributed by atoms with Crippen LogP contribution in [0.5, 0.6) is 0 Å². The molecule has 0 rings (SSSR count). The predicted octanol–water partition coefficient (Wildman–Crippen LogP) is 3.90. The summed E-state index contributed by atoms with van der Waals surface area (Å²) in [7, 11) is 0. The molecule has 2 unspecified atom stereocenters. The van der Waals surface area contributed by atoms with Crippen LogP contribution in [0, 0.1) is 0 Å². The maximum absolute atomic E-state index is 8.99. The standard InChI is InChI=1S/2C7H16O/c1-3-4-5-6-7(2)8;1-3-5-6-7(8)4-2/h2*7-8H,3-6H2,1-2H3. The number of aliphatic hydroxyl groups excluding tert-OH is 2. The van der Waals surface area contributed by atoms with Gasteiger partial charge in [-0.05, 0) is 26.2 Å². The third-order valence-electron chi connectivity index (χ3n) is 2.59. The van der Waals surface area contributed by atoms with Crippen molar-refractivity contribution in [3.63, 3.8) is 0 Å². The van der Waals surface area contributed by atoms with Crippen molar-refractivity contribution in [2.45, 2.75) is 91.3 Å². The summed E-state index contributed by atoms with van der Waals surface area (Å²) in [6, 6.07) is 0. The number of unbranched alkanes of at least 4 members (excludes halogenated alkanes) is 3. The lowest BCUT2D eigenvalue weighted by atomic mass is 10.1. The molecule has 0 spiro atoms. The largest absolute Gasteiger partial charge is 0.393 e. The lowest BCUT2D eigenvalue weighted by Crippen LogP contribution is -2.02. The molecule has 100 valence electrons. The molecular formula is C14H32O2. The molecule has 0 bridgehead atoms. The Morgan fingerprint density at radius 3 is 1.75 bits per heavy atom. The van der Waals surface area contributed by atoms with Crippen molar-refractivity contribution >= 4 is 0 Å². The molecular weight excluding hydrogens is 200 g/mol. The molecule has 2 heteroatoms. The number of rotatable bonds is 8. The van der Waals surface area contributed by atoms with Gasteiger partial charge in [-0.25, -0.2) is 0 Å². The van der Waals surface area contributed by atoms with E-state index < -0.39 is 0 Å². The van der Waals surface area contributed by atoms with E-state index in [2.05, 4.69) is 13.8 Å². The maximum Gasteiger partial charge on any atom is 0.0537 e. The van der Waals surface area contributed by atoms with E-state index in [0.717, 1.165) is 25.7 Å². The summed E-state index contributed by atoms with van der Waals surface area (Å²) in [6.45, 7) is 8.17. The molecule has 16 heavy (non-hydrogen) atoms. The van der Waals surface area contributed by atoms with Crippen LogP contribution >= 0.6 is 0 Å². The minimum absolute atomic E-state index is 0.0463. The van der Waals surface area contributed by atoms with Gasteiger partial charge in [0.25, 0.3) is 0 Å².